The predicted molar refractivity (Wildman–Crippen MR) is 55.5 cm³/mol. The van der Waals surface area contributed by atoms with Crippen LogP contribution in [0.1, 0.15) is 26.2 Å². The lowest BCUT2D eigenvalue weighted by atomic mass is 10.3. The van der Waals surface area contributed by atoms with Gasteiger partial charge in [-0.2, -0.15) is 5.26 Å². The molecule has 4 nitrogen and oxygen atoms in total. The van der Waals surface area contributed by atoms with Gasteiger partial charge in [-0.15, -0.1) is 0 Å². The van der Waals surface area contributed by atoms with Crippen LogP contribution in [0.5, 0.6) is 0 Å². The fourth-order valence-electron chi connectivity index (χ4n) is 0.888. The Morgan fingerprint density at radius 3 is 2.79 bits per heavy atom. The average molecular weight is 219 g/mol. The maximum atomic E-state index is 11.7. The van der Waals surface area contributed by atoms with E-state index in [0.717, 1.165) is 12.8 Å². The summed E-state index contributed by atoms with van der Waals surface area (Å²) in [6, 6.07) is 1.68. The van der Waals surface area contributed by atoms with Gasteiger partial charge in [0.15, 0.2) is 7.37 Å². The Kier molecular flexibility index (Phi) is 6.82. The van der Waals surface area contributed by atoms with Gasteiger partial charge < -0.3 is 9.63 Å². The summed E-state index contributed by atoms with van der Waals surface area (Å²) >= 11 is 0. The zero-order valence-electron chi connectivity index (χ0n) is 8.77. The largest absolute Gasteiger partial charge is 0.378 e. The number of nitrogens with zero attached hydrogens (tertiary/aromatic N) is 1. The van der Waals surface area contributed by atoms with Gasteiger partial charge in [0.25, 0.3) is 0 Å². The van der Waals surface area contributed by atoms with Gasteiger partial charge in [-0.05, 0) is 12.8 Å². The zero-order chi connectivity index (χ0) is 11.0. The van der Waals surface area contributed by atoms with Crippen molar-refractivity contribution in [1.29, 1.82) is 5.26 Å². The number of aliphatic hydroxyl groups excluding tert-OH is 1. The quantitative estimate of drug-likeness (QED) is 0.404. The van der Waals surface area contributed by atoms with E-state index in [0.29, 0.717) is 6.61 Å². The number of hydrogen-bond donors (Lipinski definition) is 1. The first-order chi connectivity index (χ1) is 6.52. The minimum Gasteiger partial charge on any atom is -0.378 e. The molecular formula is C9H18NO3P. The predicted octanol–water partition coefficient (Wildman–Crippen LogP) is 1.99. The van der Waals surface area contributed by atoms with Crippen LogP contribution >= 0.6 is 7.37 Å². The smallest absolute Gasteiger partial charge is 0.200 e. The van der Waals surface area contributed by atoms with Crippen LogP contribution in [0.2, 0.25) is 0 Å². The molecule has 0 aliphatic heterocycles. The zero-order valence-corrected chi connectivity index (χ0v) is 9.67. The van der Waals surface area contributed by atoms with Crippen LogP contribution in [-0.4, -0.2) is 30.6 Å². The second-order valence-electron chi connectivity index (χ2n) is 3.36. The van der Waals surface area contributed by atoms with E-state index in [4.69, 9.17) is 14.9 Å². The van der Waals surface area contributed by atoms with Crippen molar-refractivity contribution in [2.75, 3.05) is 19.4 Å². The highest BCUT2D eigenvalue weighted by atomic mass is 31.2. The number of aliphatic hydroxyl groups is 1. The van der Waals surface area contributed by atoms with Crippen LogP contribution in [0.15, 0.2) is 0 Å². The molecule has 0 saturated carbocycles. The van der Waals surface area contributed by atoms with Crippen molar-refractivity contribution in [1.82, 2.24) is 0 Å². The Morgan fingerprint density at radius 1 is 1.64 bits per heavy atom. The van der Waals surface area contributed by atoms with Gasteiger partial charge in [-0.1, -0.05) is 13.3 Å². The summed E-state index contributed by atoms with van der Waals surface area (Å²) in [5.41, 5.74) is 0. The summed E-state index contributed by atoms with van der Waals surface area (Å²) in [7, 11) is -2.60. The molecule has 0 heterocycles. The molecule has 14 heavy (non-hydrogen) atoms. The number of nitriles is 1. The molecule has 1 N–H and O–H groups in total. The van der Waals surface area contributed by atoms with Crippen LogP contribution < -0.4 is 0 Å². The van der Waals surface area contributed by atoms with Crippen molar-refractivity contribution in [2.24, 2.45) is 0 Å². The fraction of sp³-hybridized carbons (Fsp3) is 0.889. The fourth-order valence-corrected chi connectivity index (χ4v) is 2.25. The summed E-state index contributed by atoms with van der Waals surface area (Å²) < 4.78 is 16.9. The maximum Gasteiger partial charge on any atom is 0.200 e. The molecule has 2 atom stereocenters. The summed E-state index contributed by atoms with van der Waals surface area (Å²) in [6.07, 6.45) is 1.35. The third kappa shape index (κ3) is 7.08. The van der Waals surface area contributed by atoms with Crippen LogP contribution in [0.4, 0.5) is 0 Å². The van der Waals surface area contributed by atoms with E-state index in [2.05, 4.69) is 0 Å². The van der Waals surface area contributed by atoms with Gasteiger partial charge in [0.05, 0.1) is 12.7 Å². The Hall–Kier alpha value is -0.360. The molecule has 0 fully saturated rings. The van der Waals surface area contributed by atoms with E-state index in [1.807, 2.05) is 6.92 Å². The second-order valence-corrected chi connectivity index (χ2v) is 6.09. The van der Waals surface area contributed by atoms with Gasteiger partial charge in [0.2, 0.25) is 0 Å². The van der Waals surface area contributed by atoms with Gasteiger partial charge >= 0.3 is 0 Å². The minimum atomic E-state index is -2.60. The number of hydrogen-bond acceptors (Lipinski definition) is 4. The first kappa shape index (κ1) is 13.6. The van der Waals surface area contributed by atoms with Crippen molar-refractivity contribution in [3.63, 3.8) is 0 Å². The Labute approximate surface area is 85.3 Å². The highest BCUT2D eigenvalue weighted by molar-refractivity contribution is 7.58. The summed E-state index contributed by atoms with van der Waals surface area (Å²) in [6.45, 7) is 4.07. The van der Waals surface area contributed by atoms with E-state index >= 15 is 0 Å². The molecule has 0 aromatic rings. The Morgan fingerprint density at radius 2 is 2.29 bits per heavy atom. The van der Waals surface area contributed by atoms with E-state index in [-0.39, 0.29) is 12.6 Å². The standard InChI is InChI=1S/C9H18NO3P/c1-3-4-6-13-14(2,12)7-5-9(11)8-10/h9,11H,3-7H2,1-2H3. The van der Waals surface area contributed by atoms with Gasteiger partial charge in [-0.25, -0.2) is 0 Å². The number of unbranched alkanes of at least 4 members (excludes halogenated alkanes) is 1. The van der Waals surface area contributed by atoms with Crippen molar-refractivity contribution in [2.45, 2.75) is 32.3 Å². The molecule has 5 heteroatoms. The van der Waals surface area contributed by atoms with Crippen molar-refractivity contribution >= 4 is 7.37 Å². The SMILES string of the molecule is CCCCOP(C)(=O)CCC(O)C#N. The molecule has 0 aliphatic rings. The third-order valence-electron chi connectivity index (χ3n) is 1.82. The van der Waals surface area contributed by atoms with Gasteiger partial charge in [0, 0.05) is 12.8 Å². The molecule has 0 aromatic carbocycles. The lowest BCUT2D eigenvalue weighted by Crippen LogP contribution is -2.06. The molecule has 0 radical (unpaired) electrons. The first-order valence-corrected chi connectivity index (χ1v) is 7.06. The molecule has 0 saturated heterocycles. The molecule has 0 amide bonds. The third-order valence-corrected chi connectivity index (χ3v) is 3.62. The maximum absolute atomic E-state index is 11.7. The number of rotatable bonds is 7. The van der Waals surface area contributed by atoms with E-state index < -0.39 is 13.5 Å². The van der Waals surface area contributed by atoms with Crippen molar-refractivity contribution < 1.29 is 14.2 Å². The molecule has 0 rings (SSSR count). The van der Waals surface area contributed by atoms with Gasteiger partial charge in [-0.3, -0.25) is 4.57 Å². The summed E-state index contributed by atoms with van der Waals surface area (Å²) in [5, 5.41) is 17.3. The molecule has 0 aromatic heterocycles. The highest BCUT2D eigenvalue weighted by Gasteiger charge is 2.17. The summed E-state index contributed by atoms with van der Waals surface area (Å²) in [4.78, 5) is 0. The normalized spacial score (nSPS) is 17.0. The van der Waals surface area contributed by atoms with Crippen LogP contribution in [0.25, 0.3) is 0 Å². The van der Waals surface area contributed by atoms with Crippen LogP contribution in [0.3, 0.4) is 0 Å². The van der Waals surface area contributed by atoms with E-state index in [9.17, 15) is 4.57 Å². The Balaban J connectivity index is 3.73. The van der Waals surface area contributed by atoms with Crippen molar-refractivity contribution in [3.8, 4) is 6.07 Å². The topological polar surface area (TPSA) is 70.3 Å². The molecular weight excluding hydrogens is 201 g/mol. The highest BCUT2D eigenvalue weighted by Crippen LogP contribution is 2.43. The average Bonchev–Trinajstić information content (AvgIpc) is 2.14. The lowest BCUT2D eigenvalue weighted by molar-refractivity contribution is 0.223. The molecule has 2 unspecified atom stereocenters. The van der Waals surface area contributed by atoms with Gasteiger partial charge in [0.1, 0.15) is 6.10 Å². The Bertz CT molecular complexity index is 237. The molecule has 0 bridgehead atoms. The van der Waals surface area contributed by atoms with Crippen LogP contribution in [0, 0.1) is 11.3 Å². The molecule has 82 valence electrons. The monoisotopic (exact) mass is 219 g/mol. The van der Waals surface area contributed by atoms with E-state index in [1.165, 1.54) is 0 Å². The molecule has 0 aliphatic carbocycles. The van der Waals surface area contributed by atoms with Crippen molar-refractivity contribution in [3.05, 3.63) is 0 Å². The lowest BCUT2D eigenvalue weighted by Gasteiger charge is -2.13. The van der Waals surface area contributed by atoms with Crippen LogP contribution in [-0.2, 0) is 9.09 Å². The first-order valence-electron chi connectivity index (χ1n) is 4.80. The van der Waals surface area contributed by atoms with E-state index in [1.54, 1.807) is 12.7 Å². The summed E-state index contributed by atoms with van der Waals surface area (Å²) in [5.74, 6) is 0. The molecule has 0 spiro atoms. The minimum absolute atomic E-state index is 0.219. The second kappa shape index (κ2) is 7.00.